The predicted molar refractivity (Wildman–Crippen MR) is 129 cm³/mol. The van der Waals surface area contributed by atoms with Gasteiger partial charge in [-0.05, 0) is 42.4 Å². The average molecular weight is 437 g/mol. The third kappa shape index (κ3) is 5.50. The number of nitrogens with one attached hydrogen (secondary N) is 1. The first-order chi connectivity index (χ1) is 15.2. The van der Waals surface area contributed by atoms with E-state index < -0.39 is 5.41 Å². The van der Waals surface area contributed by atoms with E-state index in [1.54, 1.807) is 7.11 Å². The van der Waals surface area contributed by atoms with Crippen molar-refractivity contribution >= 4 is 11.8 Å². The number of benzene rings is 2. The van der Waals surface area contributed by atoms with Crippen molar-refractivity contribution in [1.82, 2.24) is 10.2 Å². The maximum absolute atomic E-state index is 13.1. The van der Waals surface area contributed by atoms with E-state index in [0.29, 0.717) is 38.9 Å². The van der Waals surface area contributed by atoms with Crippen LogP contribution in [0.2, 0.25) is 0 Å². The van der Waals surface area contributed by atoms with Gasteiger partial charge < -0.3 is 15.0 Å². The van der Waals surface area contributed by atoms with E-state index in [1.807, 2.05) is 36.1 Å². The highest BCUT2D eigenvalue weighted by molar-refractivity contribution is 5.86. The van der Waals surface area contributed by atoms with Gasteiger partial charge in [0.1, 0.15) is 5.75 Å². The molecule has 1 N–H and O–H groups in total. The zero-order valence-corrected chi connectivity index (χ0v) is 20.0. The Balaban J connectivity index is 1.81. The monoisotopic (exact) mass is 436 g/mol. The number of rotatable bonds is 7. The van der Waals surface area contributed by atoms with E-state index in [1.165, 1.54) is 0 Å². The number of para-hydroxylation sites is 1. The van der Waals surface area contributed by atoms with Crippen molar-refractivity contribution < 1.29 is 14.3 Å². The molecule has 1 atom stereocenters. The third-order valence-corrected chi connectivity index (χ3v) is 6.12. The second-order valence-electron chi connectivity index (χ2n) is 10.0. The molecule has 1 saturated heterocycles. The Morgan fingerprint density at radius 3 is 2.41 bits per heavy atom. The van der Waals surface area contributed by atoms with Crippen LogP contribution in [0.4, 0.5) is 0 Å². The number of nitrogens with zero attached hydrogens (tertiary/aromatic N) is 1. The van der Waals surface area contributed by atoms with Crippen molar-refractivity contribution in [3.8, 4) is 16.9 Å². The van der Waals surface area contributed by atoms with Gasteiger partial charge in [-0.25, -0.2) is 0 Å². The second-order valence-corrected chi connectivity index (χ2v) is 10.0. The zero-order chi connectivity index (χ0) is 23.4. The molecule has 5 nitrogen and oxygen atoms in total. The molecule has 1 fully saturated rings. The Kier molecular flexibility index (Phi) is 7.27. The van der Waals surface area contributed by atoms with Gasteiger partial charge in [-0.15, -0.1) is 0 Å². The van der Waals surface area contributed by atoms with Gasteiger partial charge in [0.25, 0.3) is 0 Å². The normalized spacial score (nSPS) is 18.5. The van der Waals surface area contributed by atoms with E-state index in [9.17, 15) is 9.59 Å². The van der Waals surface area contributed by atoms with Crippen molar-refractivity contribution in [3.63, 3.8) is 0 Å². The summed E-state index contributed by atoms with van der Waals surface area (Å²) in [6.45, 7) is 9.84. The lowest BCUT2D eigenvalue weighted by Crippen LogP contribution is -2.45. The first kappa shape index (κ1) is 23.8. The van der Waals surface area contributed by atoms with Crippen LogP contribution in [0.5, 0.6) is 5.75 Å². The van der Waals surface area contributed by atoms with Crippen LogP contribution in [0.15, 0.2) is 48.5 Å². The number of carbonyl (C=O) groups excluding carboxylic acids is 2. The van der Waals surface area contributed by atoms with Crippen LogP contribution < -0.4 is 10.1 Å². The highest BCUT2D eigenvalue weighted by Gasteiger charge is 2.46. The van der Waals surface area contributed by atoms with Gasteiger partial charge in [0.05, 0.1) is 12.5 Å². The third-order valence-electron chi connectivity index (χ3n) is 6.12. The molecule has 1 unspecified atom stereocenters. The van der Waals surface area contributed by atoms with Gasteiger partial charge in [-0.1, -0.05) is 63.2 Å². The number of hydrogen-bond donors (Lipinski definition) is 1. The van der Waals surface area contributed by atoms with E-state index >= 15 is 0 Å². The highest BCUT2D eigenvalue weighted by atomic mass is 16.5. The van der Waals surface area contributed by atoms with E-state index in [0.717, 1.165) is 22.4 Å². The van der Waals surface area contributed by atoms with Gasteiger partial charge in [-0.3, -0.25) is 9.59 Å². The Bertz CT molecular complexity index is 946. The Hall–Kier alpha value is -2.82. The maximum Gasteiger partial charge on any atom is 0.228 e. The lowest BCUT2D eigenvalue weighted by molar-refractivity contribution is -0.134. The van der Waals surface area contributed by atoms with Gasteiger partial charge >= 0.3 is 0 Å². The van der Waals surface area contributed by atoms with Crippen LogP contribution in [0.3, 0.4) is 0 Å². The van der Waals surface area contributed by atoms with E-state index in [-0.39, 0.29) is 17.2 Å². The summed E-state index contributed by atoms with van der Waals surface area (Å²) in [5.74, 6) is 1.01. The summed E-state index contributed by atoms with van der Waals surface area (Å²) in [6.07, 6.45) is 1.79. The van der Waals surface area contributed by atoms with E-state index in [2.05, 4.69) is 50.4 Å². The fourth-order valence-corrected chi connectivity index (χ4v) is 4.48. The molecule has 3 rings (SSSR count). The van der Waals surface area contributed by atoms with Crippen molar-refractivity contribution in [2.75, 3.05) is 26.7 Å². The lowest BCUT2D eigenvalue weighted by atomic mass is 9.79. The molecule has 1 aliphatic heterocycles. The molecule has 0 aliphatic carbocycles. The summed E-state index contributed by atoms with van der Waals surface area (Å²) in [7, 11) is 1.68. The van der Waals surface area contributed by atoms with Crippen LogP contribution in [0, 0.1) is 10.8 Å². The summed E-state index contributed by atoms with van der Waals surface area (Å²) in [5.41, 5.74) is 2.56. The van der Waals surface area contributed by atoms with Crippen LogP contribution in [0.1, 0.15) is 46.1 Å². The summed E-state index contributed by atoms with van der Waals surface area (Å²) in [5, 5.41) is 3.02. The minimum absolute atomic E-state index is 0.0415. The van der Waals surface area contributed by atoms with Crippen molar-refractivity contribution in [3.05, 3.63) is 54.1 Å². The predicted octanol–water partition coefficient (Wildman–Crippen LogP) is 4.70. The van der Waals surface area contributed by atoms with Crippen molar-refractivity contribution in [1.29, 1.82) is 0 Å². The fourth-order valence-electron chi connectivity index (χ4n) is 4.48. The zero-order valence-electron chi connectivity index (χ0n) is 20.0. The molecule has 1 aliphatic rings. The highest BCUT2D eigenvalue weighted by Crippen LogP contribution is 2.37. The molecule has 2 amide bonds. The summed E-state index contributed by atoms with van der Waals surface area (Å²) in [4.78, 5) is 27.8. The SMILES string of the molecule is CCNC(=O)C1(Cc2ccc(-c3ccccc3OC)cc2)CCN(C(=O)CC(C)(C)C)C1. The minimum atomic E-state index is -0.588. The van der Waals surface area contributed by atoms with Gasteiger partial charge in [-0.2, -0.15) is 0 Å². The molecular weight excluding hydrogens is 400 g/mol. The van der Waals surface area contributed by atoms with Crippen LogP contribution in [-0.2, 0) is 16.0 Å². The molecule has 2 aromatic rings. The fraction of sp³-hybridized carbons (Fsp3) is 0.481. The van der Waals surface area contributed by atoms with Crippen molar-refractivity contribution in [2.45, 2.75) is 47.0 Å². The number of amides is 2. The number of methoxy groups -OCH3 is 1. The van der Waals surface area contributed by atoms with Crippen molar-refractivity contribution in [2.24, 2.45) is 10.8 Å². The first-order valence-electron chi connectivity index (χ1n) is 11.5. The summed E-state index contributed by atoms with van der Waals surface area (Å²) in [6, 6.07) is 16.3. The molecule has 172 valence electrons. The summed E-state index contributed by atoms with van der Waals surface area (Å²) >= 11 is 0. The first-order valence-corrected chi connectivity index (χ1v) is 11.5. The molecule has 0 bridgehead atoms. The smallest absolute Gasteiger partial charge is 0.228 e. The molecule has 0 aromatic heterocycles. The van der Waals surface area contributed by atoms with Crippen LogP contribution >= 0.6 is 0 Å². The number of likely N-dealkylation sites (tertiary alicyclic amines) is 1. The number of hydrogen-bond acceptors (Lipinski definition) is 3. The number of carbonyl (C=O) groups is 2. The Labute approximate surface area is 192 Å². The molecule has 2 aromatic carbocycles. The van der Waals surface area contributed by atoms with Gasteiger partial charge in [0.2, 0.25) is 11.8 Å². The maximum atomic E-state index is 13.1. The van der Waals surface area contributed by atoms with Gasteiger partial charge in [0.15, 0.2) is 0 Å². The standard InChI is InChI=1S/C27H36N2O3/c1-6-28-25(31)27(15-16-29(19-27)24(30)18-26(2,3)4)17-20-11-13-21(14-12-20)22-9-7-8-10-23(22)32-5/h7-14H,6,15-19H2,1-5H3,(H,28,31). The molecule has 5 heteroatoms. The van der Waals surface area contributed by atoms with E-state index in [4.69, 9.17) is 4.74 Å². The number of ether oxygens (including phenoxy) is 1. The lowest BCUT2D eigenvalue weighted by Gasteiger charge is -2.29. The second kappa shape index (κ2) is 9.76. The average Bonchev–Trinajstić information content (AvgIpc) is 3.19. The Morgan fingerprint density at radius 2 is 1.78 bits per heavy atom. The molecule has 1 heterocycles. The molecular formula is C27H36N2O3. The topological polar surface area (TPSA) is 58.6 Å². The molecule has 0 spiro atoms. The largest absolute Gasteiger partial charge is 0.496 e. The molecule has 0 saturated carbocycles. The molecule has 32 heavy (non-hydrogen) atoms. The summed E-state index contributed by atoms with van der Waals surface area (Å²) < 4.78 is 5.49. The van der Waals surface area contributed by atoms with Gasteiger partial charge in [0, 0.05) is 31.6 Å². The molecule has 0 radical (unpaired) electrons. The van der Waals surface area contributed by atoms with Crippen LogP contribution in [0.25, 0.3) is 11.1 Å². The van der Waals surface area contributed by atoms with Crippen LogP contribution in [-0.4, -0.2) is 43.5 Å². The minimum Gasteiger partial charge on any atom is -0.496 e. The quantitative estimate of drug-likeness (QED) is 0.685. The Morgan fingerprint density at radius 1 is 1.09 bits per heavy atom.